The van der Waals surface area contributed by atoms with Crippen molar-refractivity contribution < 1.29 is 14.0 Å². The third kappa shape index (κ3) is 11.7. The van der Waals surface area contributed by atoms with E-state index in [-0.39, 0.29) is 12.0 Å². The lowest BCUT2D eigenvalue weighted by Gasteiger charge is -2.19. The van der Waals surface area contributed by atoms with Crippen LogP contribution in [-0.2, 0) is 9.22 Å². The minimum Gasteiger partial charge on any atom is -0.520 e. The molecule has 5 nitrogen and oxygen atoms in total. The van der Waals surface area contributed by atoms with Gasteiger partial charge in [-0.2, -0.15) is 0 Å². The fourth-order valence-corrected chi connectivity index (χ4v) is 2.77. The maximum atomic E-state index is 11.4. The fraction of sp³-hybridized carbons (Fsp3) is 0.818. The number of carbonyl (C=O) groups is 2. The van der Waals surface area contributed by atoms with Gasteiger partial charge in [0, 0.05) is 13.0 Å². The second-order valence-electron chi connectivity index (χ2n) is 6.32. The van der Waals surface area contributed by atoms with Crippen LogP contribution in [-0.4, -0.2) is 35.1 Å². The maximum absolute atomic E-state index is 11.4. The molecule has 7 heteroatoms. The van der Waals surface area contributed by atoms with Crippen molar-refractivity contribution in [2.75, 3.05) is 6.54 Å². The van der Waals surface area contributed by atoms with Crippen LogP contribution in [0.1, 0.15) is 12.8 Å². The van der Waals surface area contributed by atoms with Gasteiger partial charge in [0.15, 0.2) is 0 Å². The summed E-state index contributed by atoms with van der Waals surface area (Å²) in [5.74, 6) is -0.165. The standard InChI is InChI=1S/C11H26N2O3Si2/c1-17(2,3)13-11(15)12-9-7-8-10(14)16-18(4,5)6/h7-9H2,1-6H3,(H2,12,13,15). The molecule has 106 valence electrons. The second-order valence-corrected chi connectivity index (χ2v) is 15.5. The Labute approximate surface area is 112 Å². The summed E-state index contributed by atoms with van der Waals surface area (Å²) in [7, 11) is -3.36. The van der Waals surface area contributed by atoms with Gasteiger partial charge in [0.2, 0.25) is 8.32 Å². The van der Waals surface area contributed by atoms with Gasteiger partial charge in [-0.3, -0.25) is 4.79 Å². The predicted octanol–water partition coefficient (Wildman–Crippen LogP) is 2.28. The first kappa shape index (κ1) is 17.2. The molecule has 0 aliphatic carbocycles. The van der Waals surface area contributed by atoms with Crippen molar-refractivity contribution in [1.82, 2.24) is 10.3 Å². The highest BCUT2D eigenvalue weighted by Crippen LogP contribution is 2.05. The molecule has 0 aromatic heterocycles. The van der Waals surface area contributed by atoms with E-state index in [0.717, 1.165) is 0 Å². The van der Waals surface area contributed by atoms with Crippen LogP contribution in [0.4, 0.5) is 4.79 Å². The zero-order chi connectivity index (χ0) is 14.4. The van der Waals surface area contributed by atoms with E-state index in [1.165, 1.54) is 0 Å². The summed E-state index contributed by atoms with van der Waals surface area (Å²) in [6.45, 7) is 12.6. The van der Waals surface area contributed by atoms with Gasteiger partial charge >= 0.3 is 6.03 Å². The van der Waals surface area contributed by atoms with Crippen molar-refractivity contribution in [3.63, 3.8) is 0 Å². The number of urea groups is 1. The van der Waals surface area contributed by atoms with Crippen molar-refractivity contribution in [1.29, 1.82) is 0 Å². The van der Waals surface area contributed by atoms with Gasteiger partial charge in [0.05, 0.1) is 0 Å². The summed E-state index contributed by atoms with van der Waals surface area (Å²) in [4.78, 5) is 25.8. The fourth-order valence-electron chi connectivity index (χ4n) is 1.21. The van der Waals surface area contributed by atoms with Gasteiger partial charge in [0.25, 0.3) is 5.97 Å². The molecule has 0 aliphatic rings. The summed E-state index contributed by atoms with van der Waals surface area (Å²) in [6, 6.07) is -0.146. The van der Waals surface area contributed by atoms with Crippen molar-refractivity contribution in [2.24, 2.45) is 0 Å². The molecule has 0 aromatic rings. The molecule has 0 saturated carbocycles. The van der Waals surface area contributed by atoms with Crippen molar-refractivity contribution in [3.8, 4) is 0 Å². The molecule has 0 heterocycles. The quantitative estimate of drug-likeness (QED) is 0.582. The molecule has 2 amide bonds. The molecule has 0 unspecified atom stereocenters. The smallest absolute Gasteiger partial charge is 0.306 e. The monoisotopic (exact) mass is 290 g/mol. The minimum atomic E-state index is -1.78. The minimum absolute atomic E-state index is 0.146. The van der Waals surface area contributed by atoms with E-state index in [1.807, 2.05) is 19.6 Å². The molecule has 0 aliphatic heterocycles. The van der Waals surface area contributed by atoms with E-state index in [9.17, 15) is 9.59 Å². The van der Waals surface area contributed by atoms with E-state index in [0.29, 0.717) is 19.4 Å². The number of amides is 2. The Morgan fingerprint density at radius 2 is 1.61 bits per heavy atom. The van der Waals surface area contributed by atoms with Crippen molar-refractivity contribution in [2.45, 2.75) is 52.1 Å². The Kier molecular flexibility index (Phi) is 6.62. The molecule has 18 heavy (non-hydrogen) atoms. The van der Waals surface area contributed by atoms with E-state index in [1.54, 1.807) is 0 Å². The van der Waals surface area contributed by atoms with Gasteiger partial charge in [-0.05, 0) is 26.1 Å². The number of rotatable bonds is 6. The molecule has 0 radical (unpaired) electrons. The SMILES string of the molecule is C[Si](C)(C)NC(=O)NCCCC(=O)O[Si](C)(C)C. The molecule has 0 atom stereocenters. The average molecular weight is 291 g/mol. The van der Waals surface area contributed by atoms with E-state index in [4.69, 9.17) is 4.43 Å². The van der Waals surface area contributed by atoms with Crippen LogP contribution in [0.3, 0.4) is 0 Å². The Hall–Kier alpha value is -0.826. The molecule has 2 N–H and O–H groups in total. The van der Waals surface area contributed by atoms with Gasteiger partial charge in [-0.15, -0.1) is 0 Å². The highest BCUT2D eigenvalue weighted by Gasteiger charge is 2.19. The summed E-state index contributed by atoms with van der Waals surface area (Å²) in [5.41, 5.74) is 0. The average Bonchev–Trinajstić information content (AvgIpc) is 2.06. The van der Waals surface area contributed by atoms with Crippen LogP contribution < -0.4 is 10.3 Å². The molecule has 0 fully saturated rings. The first-order valence-electron chi connectivity index (χ1n) is 6.27. The third-order valence-electron chi connectivity index (χ3n) is 1.75. The topological polar surface area (TPSA) is 67.4 Å². The highest BCUT2D eigenvalue weighted by atomic mass is 28.4. The van der Waals surface area contributed by atoms with Crippen molar-refractivity contribution >= 4 is 28.6 Å². The summed E-state index contributed by atoms with van der Waals surface area (Å²) < 4.78 is 5.30. The van der Waals surface area contributed by atoms with Gasteiger partial charge < -0.3 is 14.7 Å². The Balaban J connectivity index is 3.69. The Bertz CT molecular complexity index is 266. The Morgan fingerprint density at radius 1 is 1.06 bits per heavy atom. The van der Waals surface area contributed by atoms with E-state index < -0.39 is 16.6 Å². The zero-order valence-electron chi connectivity index (χ0n) is 12.3. The van der Waals surface area contributed by atoms with Crippen LogP contribution in [0.15, 0.2) is 0 Å². The second kappa shape index (κ2) is 6.93. The van der Waals surface area contributed by atoms with Crippen LogP contribution in [0.5, 0.6) is 0 Å². The van der Waals surface area contributed by atoms with Gasteiger partial charge in [-0.25, -0.2) is 4.79 Å². The molecule has 0 rings (SSSR count). The third-order valence-corrected chi connectivity index (χ3v) is 3.57. The summed E-state index contributed by atoms with van der Waals surface area (Å²) in [5, 5.41) is 2.75. The lowest BCUT2D eigenvalue weighted by Crippen LogP contribution is -2.50. The van der Waals surface area contributed by atoms with Gasteiger partial charge in [-0.1, -0.05) is 19.6 Å². The van der Waals surface area contributed by atoms with E-state index in [2.05, 4.69) is 29.9 Å². The zero-order valence-corrected chi connectivity index (χ0v) is 14.3. The highest BCUT2D eigenvalue weighted by molar-refractivity contribution is 6.75. The molecule has 0 saturated heterocycles. The number of nitrogens with one attached hydrogen (secondary N) is 2. The molecule has 0 aromatic carbocycles. The largest absolute Gasteiger partial charge is 0.520 e. The number of carbonyl (C=O) groups excluding carboxylic acids is 2. The van der Waals surface area contributed by atoms with Crippen molar-refractivity contribution in [3.05, 3.63) is 0 Å². The van der Waals surface area contributed by atoms with Crippen LogP contribution in [0, 0.1) is 0 Å². The normalized spacial score (nSPS) is 11.9. The molecular weight excluding hydrogens is 264 g/mol. The maximum Gasteiger partial charge on any atom is 0.306 e. The predicted molar refractivity (Wildman–Crippen MR) is 78.6 cm³/mol. The lowest BCUT2D eigenvalue weighted by atomic mass is 10.3. The summed E-state index contributed by atoms with van der Waals surface area (Å²) >= 11 is 0. The first-order valence-corrected chi connectivity index (χ1v) is 13.2. The number of hydrogen-bond acceptors (Lipinski definition) is 3. The van der Waals surface area contributed by atoms with Crippen LogP contribution in [0.2, 0.25) is 39.3 Å². The molecule has 0 spiro atoms. The van der Waals surface area contributed by atoms with Crippen LogP contribution >= 0.6 is 0 Å². The van der Waals surface area contributed by atoms with E-state index >= 15 is 0 Å². The molecule has 0 bridgehead atoms. The van der Waals surface area contributed by atoms with Crippen LogP contribution in [0.25, 0.3) is 0 Å². The summed E-state index contributed by atoms with van der Waals surface area (Å²) in [6.07, 6.45) is 0.972. The Morgan fingerprint density at radius 3 is 2.06 bits per heavy atom. The first-order chi connectivity index (χ1) is 7.99. The lowest BCUT2D eigenvalue weighted by molar-refractivity contribution is -0.135. The number of hydrogen-bond donors (Lipinski definition) is 2. The van der Waals surface area contributed by atoms with Gasteiger partial charge in [0.1, 0.15) is 8.24 Å². The molecular formula is C11H26N2O3Si2.